The highest BCUT2D eigenvalue weighted by molar-refractivity contribution is 5.72. The van der Waals surface area contributed by atoms with Crippen LogP contribution in [0.25, 0.3) is 11.0 Å². The highest BCUT2D eigenvalue weighted by Gasteiger charge is 2.30. The summed E-state index contributed by atoms with van der Waals surface area (Å²) in [4.78, 5) is 0. The van der Waals surface area contributed by atoms with Crippen LogP contribution in [0.15, 0.2) is 24.3 Å². The molecular formula is C13H19N2+. The molecule has 0 aliphatic carbocycles. The van der Waals surface area contributed by atoms with E-state index in [1.165, 1.54) is 16.9 Å². The molecule has 0 N–H and O–H groups in total. The summed E-state index contributed by atoms with van der Waals surface area (Å²) >= 11 is 0. The van der Waals surface area contributed by atoms with Gasteiger partial charge in [-0.15, -0.1) is 0 Å². The van der Waals surface area contributed by atoms with E-state index >= 15 is 0 Å². The van der Waals surface area contributed by atoms with E-state index in [1.807, 2.05) is 0 Å². The maximum atomic E-state index is 2.29. The molecule has 80 valence electrons. The molecule has 2 rings (SSSR count). The van der Waals surface area contributed by atoms with Crippen LogP contribution in [-0.4, -0.2) is 4.57 Å². The van der Waals surface area contributed by atoms with E-state index in [2.05, 4.69) is 68.3 Å². The van der Waals surface area contributed by atoms with E-state index in [0.29, 0.717) is 0 Å². The minimum Gasteiger partial charge on any atom is -0.230 e. The van der Waals surface area contributed by atoms with Crippen molar-refractivity contribution in [2.45, 2.75) is 26.2 Å². The third kappa shape index (κ3) is 1.44. The first-order valence-electron chi connectivity index (χ1n) is 5.37. The van der Waals surface area contributed by atoms with Crippen molar-refractivity contribution in [3.05, 3.63) is 30.1 Å². The van der Waals surface area contributed by atoms with Crippen molar-refractivity contribution < 1.29 is 4.57 Å². The number of imidazole rings is 1. The molecule has 0 unspecified atom stereocenters. The number of hydrogen-bond donors (Lipinski definition) is 0. The van der Waals surface area contributed by atoms with Crippen molar-refractivity contribution in [1.82, 2.24) is 4.57 Å². The first-order valence-corrected chi connectivity index (χ1v) is 5.37. The van der Waals surface area contributed by atoms with E-state index in [0.717, 1.165) is 0 Å². The zero-order valence-electron chi connectivity index (χ0n) is 10.2. The molecule has 0 saturated heterocycles. The fraction of sp³-hybridized carbons (Fsp3) is 0.462. The Kier molecular flexibility index (Phi) is 2.10. The van der Waals surface area contributed by atoms with Gasteiger partial charge in [-0.1, -0.05) is 12.1 Å². The Labute approximate surface area is 91.2 Å². The van der Waals surface area contributed by atoms with E-state index in [1.54, 1.807) is 0 Å². The van der Waals surface area contributed by atoms with Crippen molar-refractivity contribution in [2.24, 2.45) is 14.1 Å². The van der Waals surface area contributed by atoms with Gasteiger partial charge in [-0.25, -0.2) is 9.13 Å². The summed E-state index contributed by atoms with van der Waals surface area (Å²) in [5, 5.41) is 0. The molecule has 1 aromatic heterocycles. The Balaban J connectivity index is 2.87. The standard InChI is InChI=1S/C13H19N2/c1-13(2,3)12-14(4)10-8-6-7-9-11(10)15(12)5/h6-9H,1-5H3/q+1. The lowest BCUT2D eigenvalue weighted by molar-refractivity contribution is -0.657. The predicted molar refractivity (Wildman–Crippen MR) is 62.8 cm³/mol. The predicted octanol–water partition coefficient (Wildman–Crippen LogP) is 2.30. The summed E-state index contributed by atoms with van der Waals surface area (Å²) in [6.45, 7) is 6.75. The Morgan fingerprint density at radius 2 is 1.73 bits per heavy atom. The first-order chi connectivity index (χ1) is 6.93. The number of benzene rings is 1. The highest BCUT2D eigenvalue weighted by Crippen LogP contribution is 2.22. The number of hydrogen-bond acceptors (Lipinski definition) is 0. The molecule has 0 aliphatic rings. The quantitative estimate of drug-likeness (QED) is 0.581. The van der Waals surface area contributed by atoms with Gasteiger partial charge in [-0.2, -0.15) is 0 Å². The summed E-state index contributed by atoms with van der Waals surface area (Å²) in [7, 11) is 4.28. The van der Waals surface area contributed by atoms with E-state index in [9.17, 15) is 0 Å². The van der Waals surface area contributed by atoms with Crippen LogP contribution in [0, 0.1) is 0 Å². The van der Waals surface area contributed by atoms with Crippen molar-refractivity contribution >= 4 is 11.0 Å². The normalized spacial score (nSPS) is 12.3. The van der Waals surface area contributed by atoms with Crippen LogP contribution in [0.1, 0.15) is 26.6 Å². The second-order valence-electron chi connectivity index (χ2n) is 5.18. The molecule has 1 heterocycles. The number of aryl methyl sites for hydroxylation is 2. The van der Waals surface area contributed by atoms with Crippen molar-refractivity contribution in [3.63, 3.8) is 0 Å². The van der Waals surface area contributed by atoms with Gasteiger partial charge in [-0.05, 0) is 32.9 Å². The lowest BCUT2D eigenvalue weighted by Gasteiger charge is -2.14. The largest absolute Gasteiger partial charge is 0.262 e. The summed E-state index contributed by atoms with van der Waals surface area (Å²) in [5.74, 6) is 1.35. The molecule has 0 saturated carbocycles. The molecule has 2 heteroatoms. The van der Waals surface area contributed by atoms with Gasteiger partial charge in [0, 0.05) is 0 Å². The number of fused-ring (bicyclic) bond motifs is 1. The van der Waals surface area contributed by atoms with Crippen LogP contribution in [0.3, 0.4) is 0 Å². The molecule has 0 radical (unpaired) electrons. The van der Waals surface area contributed by atoms with Gasteiger partial charge in [0.05, 0.1) is 19.5 Å². The molecule has 0 atom stereocenters. The molecule has 1 aromatic carbocycles. The molecule has 0 spiro atoms. The van der Waals surface area contributed by atoms with E-state index in [-0.39, 0.29) is 5.41 Å². The molecule has 15 heavy (non-hydrogen) atoms. The SMILES string of the molecule is Cn1c(C(C)(C)C)[n+](C)c2ccccc21. The van der Waals surface area contributed by atoms with Crippen LogP contribution in [0.4, 0.5) is 0 Å². The third-order valence-corrected chi connectivity index (χ3v) is 2.91. The summed E-state index contributed by atoms with van der Waals surface area (Å²) in [6.07, 6.45) is 0. The van der Waals surface area contributed by atoms with Crippen LogP contribution in [0.5, 0.6) is 0 Å². The van der Waals surface area contributed by atoms with Crippen LogP contribution in [0.2, 0.25) is 0 Å². The highest BCUT2D eigenvalue weighted by atomic mass is 15.1. The molecule has 2 nitrogen and oxygen atoms in total. The van der Waals surface area contributed by atoms with Crippen molar-refractivity contribution in [2.75, 3.05) is 0 Å². The van der Waals surface area contributed by atoms with Gasteiger partial charge in [0.15, 0.2) is 11.0 Å². The van der Waals surface area contributed by atoms with Gasteiger partial charge in [0.25, 0.3) is 5.82 Å². The molecular weight excluding hydrogens is 184 g/mol. The average molecular weight is 203 g/mol. The van der Waals surface area contributed by atoms with Gasteiger partial charge < -0.3 is 0 Å². The van der Waals surface area contributed by atoms with Gasteiger partial charge >= 0.3 is 0 Å². The third-order valence-electron chi connectivity index (χ3n) is 2.91. The Bertz CT molecular complexity index is 462. The zero-order chi connectivity index (χ0) is 11.2. The molecule has 0 aliphatic heterocycles. The smallest absolute Gasteiger partial charge is 0.230 e. The van der Waals surface area contributed by atoms with Crippen molar-refractivity contribution in [3.8, 4) is 0 Å². The number of para-hydroxylation sites is 2. The van der Waals surface area contributed by atoms with Crippen LogP contribution in [-0.2, 0) is 19.5 Å². The van der Waals surface area contributed by atoms with Crippen molar-refractivity contribution in [1.29, 1.82) is 0 Å². The number of rotatable bonds is 0. The minimum atomic E-state index is 0.169. The first kappa shape index (κ1) is 10.2. The number of nitrogens with zero attached hydrogens (tertiary/aromatic N) is 2. The van der Waals surface area contributed by atoms with E-state index < -0.39 is 0 Å². The second-order valence-corrected chi connectivity index (χ2v) is 5.18. The fourth-order valence-electron chi connectivity index (χ4n) is 2.49. The summed E-state index contributed by atoms with van der Waals surface area (Å²) in [5.41, 5.74) is 2.76. The molecule has 0 fully saturated rings. The summed E-state index contributed by atoms with van der Waals surface area (Å²) in [6, 6.07) is 8.53. The molecule has 0 amide bonds. The monoisotopic (exact) mass is 203 g/mol. The minimum absolute atomic E-state index is 0.169. The van der Waals surface area contributed by atoms with Gasteiger partial charge in [0.1, 0.15) is 0 Å². The fourth-order valence-corrected chi connectivity index (χ4v) is 2.49. The van der Waals surface area contributed by atoms with Gasteiger partial charge in [-0.3, -0.25) is 0 Å². The topological polar surface area (TPSA) is 8.81 Å². The van der Waals surface area contributed by atoms with E-state index in [4.69, 9.17) is 0 Å². The second kappa shape index (κ2) is 3.09. The van der Waals surface area contributed by atoms with Crippen LogP contribution >= 0.6 is 0 Å². The molecule has 0 bridgehead atoms. The maximum Gasteiger partial charge on any atom is 0.262 e. The summed E-state index contributed by atoms with van der Waals surface area (Å²) < 4.78 is 4.57. The Morgan fingerprint density at radius 1 is 1.13 bits per heavy atom. The molecule has 2 aromatic rings. The zero-order valence-corrected chi connectivity index (χ0v) is 10.2. The average Bonchev–Trinajstić information content (AvgIpc) is 2.39. The number of aromatic nitrogens is 2. The lowest BCUT2D eigenvalue weighted by Crippen LogP contribution is -2.39. The van der Waals surface area contributed by atoms with Gasteiger partial charge in [0.2, 0.25) is 0 Å². The lowest BCUT2D eigenvalue weighted by atomic mass is 9.95. The maximum absolute atomic E-state index is 2.29. The Hall–Kier alpha value is -1.31. The Morgan fingerprint density at radius 3 is 2.27 bits per heavy atom. The van der Waals surface area contributed by atoms with Crippen LogP contribution < -0.4 is 4.57 Å².